The molecular weight excluding hydrogens is 272 g/mol. The normalized spacial score (nSPS) is 17.7. The van der Waals surface area contributed by atoms with Crippen molar-refractivity contribution in [3.05, 3.63) is 28.8 Å². The van der Waals surface area contributed by atoms with Crippen molar-refractivity contribution in [1.29, 1.82) is 0 Å². The van der Waals surface area contributed by atoms with Gasteiger partial charge in [0.15, 0.2) is 0 Å². The van der Waals surface area contributed by atoms with E-state index in [1.165, 1.54) is 6.07 Å². The molecule has 1 aromatic carbocycles. The smallest absolute Gasteiger partial charge is 0.242 e. The second-order valence-corrected chi connectivity index (χ2v) is 6.81. The summed E-state index contributed by atoms with van der Waals surface area (Å²) in [6.07, 6.45) is 2.17. The number of benzene rings is 1. The van der Waals surface area contributed by atoms with Gasteiger partial charge in [-0.25, -0.2) is 13.1 Å². The standard InChI is InChI=1S/C12H17ClN2O2S/c1-8(10-3-4-10)15-18(16,17)12-6-9(7-14)2-5-11(12)13/h2,5-6,8,10,15H,3-4,7,14H2,1H3. The van der Waals surface area contributed by atoms with Gasteiger partial charge in [0.2, 0.25) is 10.0 Å². The summed E-state index contributed by atoms with van der Waals surface area (Å²) in [5, 5.41) is 0.225. The van der Waals surface area contributed by atoms with E-state index in [9.17, 15) is 8.42 Å². The average Bonchev–Trinajstić information content (AvgIpc) is 3.12. The monoisotopic (exact) mass is 288 g/mol. The van der Waals surface area contributed by atoms with E-state index in [1.807, 2.05) is 6.92 Å². The number of rotatable bonds is 5. The van der Waals surface area contributed by atoms with E-state index in [0.717, 1.165) is 18.4 Å². The molecule has 0 spiro atoms. The molecule has 1 aliphatic carbocycles. The maximum atomic E-state index is 12.2. The van der Waals surface area contributed by atoms with Crippen LogP contribution >= 0.6 is 11.6 Å². The molecule has 18 heavy (non-hydrogen) atoms. The predicted molar refractivity (Wildman–Crippen MR) is 71.9 cm³/mol. The lowest BCUT2D eigenvalue weighted by atomic mass is 10.2. The summed E-state index contributed by atoms with van der Waals surface area (Å²) in [5.41, 5.74) is 6.26. The summed E-state index contributed by atoms with van der Waals surface area (Å²) in [7, 11) is -3.57. The Bertz CT molecular complexity index is 541. The van der Waals surface area contributed by atoms with E-state index in [0.29, 0.717) is 5.92 Å². The van der Waals surface area contributed by atoms with Crippen LogP contribution in [0, 0.1) is 5.92 Å². The van der Waals surface area contributed by atoms with Gasteiger partial charge in [0, 0.05) is 12.6 Å². The van der Waals surface area contributed by atoms with Crippen molar-refractivity contribution in [3.63, 3.8) is 0 Å². The lowest BCUT2D eigenvalue weighted by molar-refractivity contribution is 0.538. The Kier molecular flexibility index (Phi) is 3.96. The third-order valence-corrected chi connectivity index (χ3v) is 5.23. The largest absolute Gasteiger partial charge is 0.326 e. The molecule has 0 radical (unpaired) electrons. The van der Waals surface area contributed by atoms with Crippen molar-refractivity contribution in [3.8, 4) is 0 Å². The van der Waals surface area contributed by atoms with Crippen molar-refractivity contribution >= 4 is 21.6 Å². The third-order valence-electron chi connectivity index (χ3n) is 3.19. The van der Waals surface area contributed by atoms with Crippen LogP contribution in [-0.4, -0.2) is 14.5 Å². The van der Waals surface area contributed by atoms with Gasteiger partial charge in [0.1, 0.15) is 4.90 Å². The quantitative estimate of drug-likeness (QED) is 0.869. The Labute approximate surface area is 113 Å². The van der Waals surface area contributed by atoms with Crippen LogP contribution in [0.3, 0.4) is 0 Å². The number of halogens is 1. The van der Waals surface area contributed by atoms with E-state index in [-0.39, 0.29) is 22.5 Å². The molecule has 0 saturated heterocycles. The highest BCUT2D eigenvalue weighted by molar-refractivity contribution is 7.89. The van der Waals surface area contributed by atoms with Crippen LogP contribution in [0.25, 0.3) is 0 Å². The number of nitrogens with two attached hydrogens (primary N) is 1. The SMILES string of the molecule is CC(NS(=O)(=O)c1cc(CN)ccc1Cl)C1CC1. The van der Waals surface area contributed by atoms with Gasteiger partial charge in [-0.05, 0) is 43.4 Å². The van der Waals surface area contributed by atoms with E-state index in [2.05, 4.69) is 4.72 Å². The fourth-order valence-corrected chi connectivity index (χ4v) is 3.74. The van der Waals surface area contributed by atoms with E-state index >= 15 is 0 Å². The molecule has 1 aliphatic rings. The summed E-state index contributed by atoms with van der Waals surface area (Å²) in [4.78, 5) is 0.111. The van der Waals surface area contributed by atoms with E-state index < -0.39 is 10.0 Å². The van der Waals surface area contributed by atoms with Crippen LogP contribution < -0.4 is 10.5 Å². The predicted octanol–water partition coefficient (Wildman–Crippen LogP) is 1.88. The zero-order chi connectivity index (χ0) is 13.3. The molecule has 0 aliphatic heterocycles. The summed E-state index contributed by atoms with van der Waals surface area (Å²) in [6.45, 7) is 2.17. The molecule has 100 valence electrons. The Balaban J connectivity index is 2.27. The highest BCUT2D eigenvalue weighted by Crippen LogP contribution is 2.33. The Morgan fingerprint density at radius 2 is 2.17 bits per heavy atom. The molecule has 1 saturated carbocycles. The summed E-state index contributed by atoms with van der Waals surface area (Å²) in [5.74, 6) is 0.455. The van der Waals surface area contributed by atoms with Crippen LogP contribution in [0.4, 0.5) is 0 Å². The maximum Gasteiger partial charge on any atom is 0.242 e. The highest BCUT2D eigenvalue weighted by atomic mass is 35.5. The lowest BCUT2D eigenvalue weighted by Gasteiger charge is -2.14. The second kappa shape index (κ2) is 5.17. The van der Waals surface area contributed by atoms with Gasteiger partial charge in [0.25, 0.3) is 0 Å². The van der Waals surface area contributed by atoms with Gasteiger partial charge in [-0.3, -0.25) is 0 Å². The molecule has 0 bridgehead atoms. The van der Waals surface area contributed by atoms with Crippen LogP contribution in [0.1, 0.15) is 25.3 Å². The number of nitrogens with one attached hydrogen (secondary N) is 1. The molecule has 1 atom stereocenters. The molecule has 3 N–H and O–H groups in total. The first-order valence-corrected chi connectivity index (χ1v) is 7.81. The zero-order valence-electron chi connectivity index (χ0n) is 10.2. The summed E-state index contributed by atoms with van der Waals surface area (Å²) >= 11 is 5.96. The highest BCUT2D eigenvalue weighted by Gasteiger charge is 2.31. The van der Waals surface area contributed by atoms with E-state index in [1.54, 1.807) is 12.1 Å². The van der Waals surface area contributed by atoms with Gasteiger partial charge in [-0.1, -0.05) is 17.7 Å². The summed E-state index contributed by atoms with van der Waals surface area (Å²) < 4.78 is 27.1. The molecule has 1 unspecified atom stereocenters. The zero-order valence-corrected chi connectivity index (χ0v) is 11.8. The molecule has 1 fully saturated rings. The first-order valence-electron chi connectivity index (χ1n) is 5.95. The number of sulfonamides is 1. The topological polar surface area (TPSA) is 72.2 Å². The van der Waals surface area contributed by atoms with E-state index in [4.69, 9.17) is 17.3 Å². The van der Waals surface area contributed by atoms with Gasteiger partial charge in [-0.15, -0.1) is 0 Å². The van der Waals surface area contributed by atoms with Crippen molar-refractivity contribution in [1.82, 2.24) is 4.72 Å². The summed E-state index contributed by atoms with van der Waals surface area (Å²) in [6, 6.07) is 4.78. The lowest BCUT2D eigenvalue weighted by Crippen LogP contribution is -2.34. The van der Waals surface area contributed by atoms with Crippen molar-refractivity contribution < 1.29 is 8.42 Å². The first-order chi connectivity index (χ1) is 8.44. The van der Waals surface area contributed by atoms with Gasteiger partial charge >= 0.3 is 0 Å². The Morgan fingerprint density at radius 3 is 2.72 bits per heavy atom. The fourth-order valence-electron chi connectivity index (χ4n) is 1.88. The van der Waals surface area contributed by atoms with Crippen molar-refractivity contribution in [2.24, 2.45) is 11.7 Å². The molecule has 0 heterocycles. The average molecular weight is 289 g/mol. The number of hydrogen-bond donors (Lipinski definition) is 2. The molecule has 2 rings (SSSR count). The first kappa shape index (κ1) is 13.8. The second-order valence-electron chi connectivity index (χ2n) is 4.72. The Morgan fingerprint density at radius 1 is 1.50 bits per heavy atom. The number of hydrogen-bond acceptors (Lipinski definition) is 3. The molecular formula is C12H17ClN2O2S. The maximum absolute atomic E-state index is 12.2. The van der Waals surface area contributed by atoms with Gasteiger partial charge < -0.3 is 5.73 Å². The van der Waals surface area contributed by atoms with Crippen LogP contribution in [0.2, 0.25) is 5.02 Å². The minimum atomic E-state index is -3.57. The van der Waals surface area contributed by atoms with Crippen molar-refractivity contribution in [2.45, 2.75) is 37.2 Å². The van der Waals surface area contributed by atoms with Crippen molar-refractivity contribution in [2.75, 3.05) is 0 Å². The van der Waals surface area contributed by atoms with Crippen LogP contribution in [0.15, 0.2) is 23.1 Å². The fraction of sp³-hybridized carbons (Fsp3) is 0.500. The molecule has 1 aromatic rings. The minimum Gasteiger partial charge on any atom is -0.326 e. The molecule has 0 aromatic heterocycles. The minimum absolute atomic E-state index is 0.0485. The molecule has 6 heteroatoms. The molecule has 0 amide bonds. The van der Waals surface area contributed by atoms with Crippen LogP contribution in [0.5, 0.6) is 0 Å². The van der Waals surface area contributed by atoms with Gasteiger partial charge in [0.05, 0.1) is 5.02 Å². The Hall–Kier alpha value is -0.620. The van der Waals surface area contributed by atoms with Crippen LogP contribution in [-0.2, 0) is 16.6 Å². The van der Waals surface area contributed by atoms with Gasteiger partial charge in [-0.2, -0.15) is 0 Å². The third kappa shape index (κ3) is 3.03. The molecule has 4 nitrogen and oxygen atoms in total.